The molecule has 0 spiro atoms. The number of allylic oxidation sites excluding steroid dienone is 4. The minimum atomic E-state index is -0.215. The normalized spacial score (nSPS) is 14.6. The third-order valence-electron chi connectivity index (χ3n) is 6.18. The van der Waals surface area contributed by atoms with Gasteiger partial charge < -0.3 is 14.3 Å². The van der Waals surface area contributed by atoms with Gasteiger partial charge in [0.05, 0.1) is 6.61 Å². The van der Waals surface area contributed by atoms with Crippen molar-refractivity contribution in [2.75, 3.05) is 6.61 Å². The van der Waals surface area contributed by atoms with E-state index < -0.39 is 0 Å². The van der Waals surface area contributed by atoms with Crippen LogP contribution < -0.4 is 10.2 Å². The number of aromatic hydroxyl groups is 1. The first kappa shape index (κ1) is 22.9. The van der Waals surface area contributed by atoms with E-state index in [9.17, 15) is 9.90 Å². The molecule has 2 aromatic carbocycles. The van der Waals surface area contributed by atoms with Gasteiger partial charge in [0.25, 0.3) is 0 Å². The van der Waals surface area contributed by atoms with Gasteiger partial charge in [-0.2, -0.15) is 0 Å². The summed E-state index contributed by atoms with van der Waals surface area (Å²) in [4.78, 5) is 13.5. The Morgan fingerprint density at radius 3 is 2.61 bits per heavy atom. The summed E-state index contributed by atoms with van der Waals surface area (Å²) in [5.74, 6) is 1.50. The second-order valence-electron chi connectivity index (χ2n) is 9.11. The van der Waals surface area contributed by atoms with Gasteiger partial charge in [0.15, 0.2) is 0 Å². The Hall–Kier alpha value is -3.27. The number of hydrogen-bond acceptors (Lipinski definition) is 4. The average Bonchev–Trinajstić information content (AvgIpc) is 2.82. The quantitative estimate of drug-likeness (QED) is 0.392. The van der Waals surface area contributed by atoms with Crippen LogP contribution in [0.15, 0.2) is 75.5 Å². The highest BCUT2D eigenvalue weighted by Gasteiger charge is 2.20. The highest BCUT2D eigenvalue weighted by atomic mass is 16.5. The summed E-state index contributed by atoms with van der Waals surface area (Å²) in [6.45, 7) is 4.67. The molecule has 1 aliphatic rings. The highest BCUT2D eigenvalue weighted by Crippen LogP contribution is 2.34. The summed E-state index contributed by atoms with van der Waals surface area (Å²) >= 11 is 0. The number of benzene rings is 2. The van der Waals surface area contributed by atoms with Crippen LogP contribution in [-0.4, -0.2) is 11.7 Å². The average molecular weight is 445 g/mol. The number of phenols is 1. The van der Waals surface area contributed by atoms with E-state index in [2.05, 4.69) is 0 Å². The number of phenolic OH excluding ortho intramolecular Hbond substituents is 1. The van der Waals surface area contributed by atoms with Gasteiger partial charge >= 0.3 is 0 Å². The molecule has 0 radical (unpaired) electrons. The lowest BCUT2D eigenvalue weighted by Crippen LogP contribution is -2.15. The van der Waals surface area contributed by atoms with E-state index in [-0.39, 0.29) is 16.6 Å². The van der Waals surface area contributed by atoms with Gasteiger partial charge in [0, 0.05) is 23.3 Å². The van der Waals surface area contributed by atoms with Crippen molar-refractivity contribution in [3.63, 3.8) is 0 Å². The predicted octanol–water partition coefficient (Wildman–Crippen LogP) is 7.19. The van der Waals surface area contributed by atoms with Crippen LogP contribution in [0.1, 0.15) is 51.5 Å². The molecule has 0 saturated heterocycles. The summed E-state index contributed by atoms with van der Waals surface area (Å²) in [7, 11) is 0. The van der Waals surface area contributed by atoms with Gasteiger partial charge in [-0.25, -0.2) is 0 Å². The molecular formula is C29H32O4. The monoisotopic (exact) mass is 444 g/mol. The number of rotatable bonds is 7. The predicted molar refractivity (Wildman–Crippen MR) is 134 cm³/mol. The molecule has 4 nitrogen and oxygen atoms in total. The summed E-state index contributed by atoms with van der Waals surface area (Å²) in [6, 6.07) is 12.9. The second-order valence-corrected chi connectivity index (χ2v) is 9.11. The zero-order valence-electron chi connectivity index (χ0n) is 19.5. The zero-order valence-corrected chi connectivity index (χ0v) is 19.5. The SMILES string of the molecule is CC(C)=C/C=C/Cc1c(-c2ccccc2)oc2cc(OCC3CCCCC3)cc(O)c2c1=O. The lowest BCUT2D eigenvalue weighted by molar-refractivity contribution is 0.208. The fourth-order valence-electron chi connectivity index (χ4n) is 4.42. The summed E-state index contributed by atoms with van der Waals surface area (Å²) in [5, 5.41) is 10.9. The van der Waals surface area contributed by atoms with Crippen molar-refractivity contribution in [3.05, 3.63) is 82.1 Å². The van der Waals surface area contributed by atoms with E-state index in [1.807, 2.05) is 62.4 Å². The summed E-state index contributed by atoms with van der Waals surface area (Å²) in [5.41, 5.74) is 2.66. The Morgan fingerprint density at radius 1 is 1.12 bits per heavy atom. The van der Waals surface area contributed by atoms with Crippen molar-refractivity contribution in [1.82, 2.24) is 0 Å². The molecule has 1 heterocycles. The van der Waals surface area contributed by atoms with Crippen LogP contribution in [0.25, 0.3) is 22.3 Å². The van der Waals surface area contributed by atoms with Crippen molar-refractivity contribution in [1.29, 1.82) is 0 Å². The Morgan fingerprint density at radius 2 is 1.88 bits per heavy atom. The van der Waals surface area contributed by atoms with E-state index in [0.717, 1.165) is 5.56 Å². The second kappa shape index (κ2) is 10.6. The maximum Gasteiger partial charge on any atom is 0.200 e. The zero-order chi connectivity index (χ0) is 23.2. The van der Waals surface area contributed by atoms with Gasteiger partial charge in [0.2, 0.25) is 5.43 Å². The number of fused-ring (bicyclic) bond motifs is 1. The molecule has 0 aliphatic heterocycles. The smallest absolute Gasteiger partial charge is 0.200 e. The van der Waals surface area contributed by atoms with E-state index in [1.165, 1.54) is 43.7 Å². The molecule has 3 aromatic rings. The summed E-state index contributed by atoms with van der Waals surface area (Å²) in [6.07, 6.45) is 12.4. The maximum absolute atomic E-state index is 13.5. The third kappa shape index (κ3) is 5.57. The molecule has 1 N–H and O–H groups in total. The third-order valence-corrected chi connectivity index (χ3v) is 6.18. The van der Waals surface area contributed by atoms with Crippen LogP contribution >= 0.6 is 0 Å². The van der Waals surface area contributed by atoms with Crippen molar-refractivity contribution < 1.29 is 14.3 Å². The Balaban J connectivity index is 1.74. The van der Waals surface area contributed by atoms with Crippen LogP contribution in [0.2, 0.25) is 0 Å². The van der Waals surface area contributed by atoms with Gasteiger partial charge in [-0.3, -0.25) is 4.79 Å². The molecule has 1 saturated carbocycles. The lowest BCUT2D eigenvalue weighted by Gasteiger charge is -2.21. The van der Waals surface area contributed by atoms with Gasteiger partial charge in [-0.15, -0.1) is 0 Å². The van der Waals surface area contributed by atoms with Crippen molar-refractivity contribution >= 4 is 11.0 Å². The lowest BCUT2D eigenvalue weighted by atomic mass is 9.90. The van der Waals surface area contributed by atoms with Crippen molar-refractivity contribution in [2.24, 2.45) is 5.92 Å². The molecule has 0 unspecified atom stereocenters. The standard InChI is InChI=1S/C29H32O4/c1-20(2)11-9-10-16-24-28(31)27-25(30)17-23(32-19-21-12-5-3-6-13-21)18-26(27)33-29(24)22-14-7-4-8-15-22/h4,7-11,14-15,17-18,21,30H,3,5-6,12-13,16,19H2,1-2H3/b10-9+. The van der Waals surface area contributed by atoms with Crippen LogP contribution in [0, 0.1) is 5.92 Å². The Labute approximate surface area is 195 Å². The molecule has 0 atom stereocenters. The highest BCUT2D eigenvalue weighted by molar-refractivity contribution is 5.87. The molecular weight excluding hydrogens is 412 g/mol. The molecule has 4 heteroatoms. The molecule has 172 valence electrons. The summed E-state index contributed by atoms with van der Waals surface area (Å²) < 4.78 is 12.3. The minimum absolute atomic E-state index is 0.103. The van der Waals surface area contributed by atoms with E-state index in [4.69, 9.17) is 9.15 Å². The maximum atomic E-state index is 13.5. The van der Waals surface area contributed by atoms with E-state index in [1.54, 1.807) is 6.07 Å². The van der Waals surface area contributed by atoms with Crippen molar-refractivity contribution in [2.45, 2.75) is 52.4 Å². The Bertz CT molecular complexity index is 1210. The largest absolute Gasteiger partial charge is 0.507 e. The number of ether oxygens (including phenoxy) is 1. The Kier molecular flexibility index (Phi) is 7.33. The van der Waals surface area contributed by atoms with Crippen molar-refractivity contribution in [3.8, 4) is 22.8 Å². The van der Waals surface area contributed by atoms with Crippen LogP contribution in [0.3, 0.4) is 0 Å². The molecule has 4 rings (SSSR count). The molecule has 1 aliphatic carbocycles. The van der Waals surface area contributed by atoms with Crippen LogP contribution in [-0.2, 0) is 6.42 Å². The topological polar surface area (TPSA) is 59.7 Å². The van der Waals surface area contributed by atoms with E-state index >= 15 is 0 Å². The van der Waals surface area contributed by atoms with Crippen LogP contribution in [0.5, 0.6) is 11.5 Å². The first-order valence-corrected chi connectivity index (χ1v) is 11.8. The fourth-order valence-corrected chi connectivity index (χ4v) is 4.42. The molecule has 0 bridgehead atoms. The number of hydrogen-bond donors (Lipinski definition) is 1. The minimum Gasteiger partial charge on any atom is -0.507 e. The molecule has 1 fully saturated rings. The molecule has 0 amide bonds. The first-order valence-electron chi connectivity index (χ1n) is 11.8. The fraction of sp³-hybridized carbons (Fsp3) is 0.345. The van der Waals surface area contributed by atoms with Gasteiger partial charge in [-0.1, -0.05) is 73.4 Å². The molecule has 1 aromatic heterocycles. The van der Waals surface area contributed by atoms with Gasteiger partial charge in [0.1, 0.15) is 28.2 Å². The first-order chi connectivity index (χ1) is 16.0. The molecule has 33 heavy (non-hydrogen) atoms. The van der Waals surface area contributed by atoms with E-state index in [0.29, 0.717) is 41.6 Å². The van der Waals surface area contributed by atoms with Crippen LogP contribution in [0.4, 0.5) is 0 Å². The van der Waals surface area contributed by atoms with Gasteiger partial charge in [-0.05, 0) is 39.0 Å².